The van der Waals surface area contributed by atoms with Gasteiger partial charge in [-0.15, -0.1) is 0 Å². The van der Waals surface area contributed by atoms with Crippen LogP contribution >= 0.6 is 15.9 Å². The van der Waals surface area contributed by atoms with Crippen molar-refractivity contribution >= 4 is 44.2 Å². The highest BCUT2D eigenvalue weighted by Gasteiger charge is 2.21. The zero-order valence-corrected chi connectivity index (χ0v) is 25.2. The maximum Gasteiger partial charge on any atom is 0.355 e. The molecule has 0 aliphatic rings. The first-order chi connectivity index (χ1) is 20.6. The van der Waals surface area contributed by atoms with Crippen molar-refractivity contribution in [3.05, 3.63) is 138 Å². The summed E-state index contributed by atoms with van der Waals surface area (Å²) in [5.41, 5.74) is 3.94. The van der Waals surface area contributed by atoms with Crippen molar-refractivity contribution in [3.8, 4) is 11.4 Å². The number of carbonyl (C=O) groups excluding carboxylic acids is 1. The molecule has 11 heteroatoms. The first-order valence-corrected chi connectivity index (χ1v) is 14.0. The number of halogens is 1. The molecule has 0 radical (unpaired) electrons. The standard InChI is InChI=1S/C25H22N2O5.C7H6BrNO2/c1-3-31-25(28)24-14-19-13-21(32-16-18-7-5-4-6-8-18)11-12-22(19)26(24)20-10-9-17(2)23(15-20)27(29)30;1-5-2-3-6(8)4-7(5)9(10)11/h4-15H,3,16H2,1-2H3;2-4H,1H3. The van der Waals surface area contributed by atoms with E-state index in [9.17, 15) is 25.0 Å². The van der Waals surface area contributed by atoms with Gasteiger partial charge >= 0.3 is 5.97 Å². The molecule has 1 heterocycles. The first-order valence-electron chi connectivity index (χ1n) is 13.2. The molecular formula is C32H28BrN3O7. The van der Waals surface area contributed by atoms with Gasteiger partial charge in [-0.05, 0) is 62.7 Å². The van der Waals surface area contributed by atoms with Crippen LogP contribution in [0.2, 0.25) is 0 Å². The number of benzene rings is 4. The third-order valence-electron chi connectivity index (χ3n) is 6.52. The van der Waals surface area contributed by atoms with E-state index < -0.39 is 10.9 Å². The van der Waals surface area contributed by atoms with E-state index in [0.717, 1.165) is 20.9 Å². The molecule has 0 saturated heterocycles. The van der Waals surface area contributed by atoms with E-state index in [4.69, 9.17) is 9.47 Å². The maximum absolute atomic E-state index is 12.7. The van der Waals surface area contributed by atoms with Crippen LogP contribution in [0.15, 0.2) is 95.5 Å². The Hall–Kier alpha value is -5.03. The van der Waals surface area contributed by atoms with Gasteiger partial charge in [0, 0.05) is 33.1 Å². The fourth-order valence-electron chi connectivity index (χ4n) is 4.37. The largest absolute Gasteiger partial charge is 0.489 e. The normalized spacial score (nSPS) is 10.5. The molecule has 0 atom stereocenters. The summed E-state index contributed by atoms with van der Waals surface area (Å²) in [6, 6.07) is 26.9. The Kier molecular flexibility index (Phi) is 9.89. The number of aromatic nitrogens is 1. The van der Waals surface area contributed by atoms with Crippen LogP contribution in [0.1, 0.15) is 34.1 Å². The van der Waals surface area contributed by atoms with E-state index in [0.29, 0.717) is 34.9 Å². The van der Waals surface area contributed by atoms with E-state index in [1.54, 1.807) is 55.7 Å². The van der Waals surface area contributed by atoms with Crippen LogP contribution in [0.4, 0.5) is 11.4 Å². The lowest BCUT2D eigenvalue weighted by atomic mass is 10.1. The molecule has 0 saturated carbocycles. The van der Waals surface area contributed by atoms with Crippen molar-refractivity contribution in [3.63, 3.8) is 0 Å². The van der Waals surface area contributed by atoms with Crippen molar-refractivity contribution in [2.24, 2.45) is 0 Å². The molecule has 5 aromatic rings. The van der Waals surface area contributed by atoms with Gasteiger partial charge in [-0.3, -0.25) is 20.2 Å². The van der Waals surface area contributed by atoms with Crippen LogP contribution in [0.3, 0.4) is 0 Å². The minimum absolute atomic E-state index is 0.0121. The summed E-state index contributed by atoms with van der Waals surface area (Å²) in [5, 5.41) is 22.6. The van der Waals surface area contributed by atoms with Crippen LogP contribution in [0.25, 0.3) is 16.6 Å². The van der Waals surface area contributed by atoms with Gasteiger partial charge in [0.2, 0.25) is 0 Å². The number of nitro benzene ring substituents is 2. The highest BCUT2D eigenvalue weighted by Crippen LogP contribution is 2.31. The second-order valence-corrected chi connectivity index (χ2v) is 10.4. The Morgan fingerprint density at radius 3 is 2.12 bits per heavy atom. The number of hydrogen-bond donors (Lipinski definition) is 0. The Morgan fingerprint density at radius 2 is 1.49 bits per heavy atom. The molecule has 4 aromatic carbocycles. The number of rotatable bonds is 8. The third-order valence-corrected chi connectivity index (χ3v) is 7.01. The topological polar surface area (TPSA) is 127 Å². The van der Waals surface area contributed by atoms with Crippen LogP contribution < -0.4 is 4.74 Å². The molecule has 43 heavy (non-hydrogen) atoms. The SMILES string of the molecule is CCOC(=O)c1cc2cc(OCc3ccccc3)ccc2n1-c1ccc(C)c([N+](=O)[O-])c1.Cc1ccc(Br)cc1[N+](=O)[O-]. The smallest absolute Gasteiger partial charge is 0.355 e. The number of esters is 1. The number of fused-ring (bicyclic) bond motifs is 1. The van der Waals surface area contributed by atoms with E-state index in [-0.39, 0.29) is 22.9 Å². The van der Waals surface area contributed by atoms with Gasteiger partial charge in [0.1, 0.15) is 18.1 Å². The fourth-order valence-corrected chi connectivity index (χ4v) is 4.72. The van der Waals surface area contributed by atoms with Crippen LogP contribution in [0, 0.1) is 34.1 Å². The number of ether oxygens (including phenoxy) is 2. The second-order valence-electron chi connectivity index (χ2n) is 9.50. The molecule has 10 nitrogen and oxygen atoms in total. The first kappa shape index (κ1) is 30.9. The lowest BCUT2D eigenvalue weighted by Gasteiger charge is -2.11. The molecule has 220 valence electrons. The van der Waals surface area contributed by atoms with E-state index in [2.05, 4.69) is 15.9 Å². The van der Waals surface area contributed by atoms with Gasteiger partial charge < -0.3 is 14.0 Å². The number of nitro groups is 2. The maximum atomic E-state index is 12.7. The molecule has 0 bridgehead atoms. The molecule has 0 spiro atoms. The average Bonchev–Trinajstić information content (AvgIpc) is 3.37. The summed E-state index contributed by atoms with van der Waals surface area (Å²) in [6.45, 7) is 5.77. The summed E-state index contributed by atoms with van der Waals surface area (Å²) in [7, 11) is 0. The number of aryl methyl sites for hydroxylation is 2. The molecular weight excluding hydrogens is 618 g/mol. The molecule has 0 unspecified atom stereocenters. The Balaban J connectivity index is 0.000000324. The number of hydrogen-bond acceptors (Lipinski definition) is 7. The molecule has 0 aliphatic carbocycles. The summed E-state index contributed by atoms with van der Waals surface area (Å²) in [5.74, 6) is 0.155. The van der Waals surface area contributed by atoms with Crippen LogP contribution in [-0.4, -0.2) is 27.0 Å². The van der Waals surface area contributed by atoms with Gasteiger partial charge in [-0.2, -0.15) is 0 Å². The number of carbonyl (C=O) groups is 1. The Morgan fingerprint density at radius 1 is 0.837 bits per heavy atom. The zero-order valence-electron chi connectivity index (χ0n) is 23.7. The molecule has 0 fully saturated rings. The highest BCUT2D eigenvalue weighted by atomic mass is 79.9. The summed E-state index contributed by atoms with van der Waals surface area (Å²) >= 11 is 3.16. The van der Waals surface area contributed by atoms with Crippen LogP contribution in [0.5, 0.6) is 5.75 Å². The Bertz CT molecular complexity index is 1800. The highest BCUT2D eigenvalue weighted by molar-refractivity contribution is 9.10. The van der Waals surface area contributed by atoms with E-state index in [1.807, 2.05) is 48.5 Å². The minimum atomic E-state index is -0.501. The molecule has 0 amide bonds. The zero-order chi connectivity index (χ0) is 31.1. The van der Waals surface area contributed by atoms with Gasteiger partial charge in [-0.25, -0.2) is 4.79 Å². The molecule has 0 N–H and O–H groups in total. The van der Waals surface area contributed by atoms with Crippen molar-refractivity contribution in [1.82, 2.24) is 4.57 Å². The fraction of sp³-hybridized carbons (Fsp3) is 0.156. The Labute approximate surface area is 255 Å². The molecule has 1 aromatic heterocycles. The van der Waals surface area contributed by atoms with Gasteiger partial charge in [0.15, 0.2) is 0 Å². The quantitative estimate of drug-likeness (QED) is 0.0943. The van der Waals surface area contributed by atoms with Gasteiger partial charge in [-0.1, -0.05) is 58.4 Å². The minimum Gasteiger partial charge on any atom is -0.489 e. The summed E-state index contributed by atoms with van der Waals surface area (Å²) in [6.07, 6.45) is 0. The third kappa shape index (κ3) is 7.44. The predicted octanol–water partition coefficient (Wildman–Crippen LogP) is 8.27. The van der Waals surface area contributed by atoms with Crippen molar-refractivity contribution in [2.75, 3.05) is 6.61 Å². The monoisotopic (exact) mass is 645 g/mol. The van der Waals surface area contributed by atoms with E-state index in [1.165, 1.54) is 12.1 Å². The van der Waals surface area contributed by atoms with Crippen LogP contribution in [-0.2, 0) is 11.3 Å². The van der Waals surface area contributed by atoms with Gasteiger partial charge in [0.25, 0.3) is 11.4 Å². The van der Waals surface area contributed by atoms with E-state index >= 15 is 0 Å². The molecule has 0 aliphatic heterocycles. The summed E-state index contributed by atoms with van der Waals surface area (Å²) < 4.78 is 13.6. The van der Waals surface area contributed by atoms with Crippen molar-refractivity contribution in [2.45, 2.75) is 27.4 Å². The second kappa shape index (κ2) is 13.8. The molecule has 5 rings (SSSR count). The average molecular weight is 646 g/mol. The van der Waals surface area contributed by atoms with Crippen molar-refractivity contribution < 1.29 is 24.1 Å². The predicted molar refractivity (Wildman–Crippen MR) is 167 cm³/mol. The van der Waals surface area contributed by atoms with Crippen molar-refractivity contribution in [1.29, 1.82) is 0 Å². The lowest BCUT2D eigenvalue weighted by Crippen LogP contribution is -2.11. The number of nitrogens with zero attached hydrogens (tertiary/aromatic N) is 3. The lowest BCUT2D eigenvalue weighted by molar-refractivity contribution is -0.385. The summed E-state index contributed by atoms with van der Waals surface area (Å²) in [4.78, 5) is 33.7. The van der Waals surface area contributed by atoms with Gasteiger partial charge in [0.05, 0.1) is 27.7 Å².